The highest BCUT2D eigenvalue weighted by atomic mass is 16.2. The predicted molar refractivity (Wildman–Crippen MR) is 113 cm³/mol. The van der Waals surface area contributed by atoms with Gasteiger partial charge in [0.15, 0.2) is 5.82 Å². The molecule has 3 aromatic rings. The van der Waals surface area contributed by atoms with Gasteiger partial charge in [-0.25, -0.2) is 18.9 Å². The number of aromatic nitrogens is 4. The van der Waals surface area contributed by atoms with Crippen molar-refractivity contribution in [2.24, 2.45) is 0 Å². The number of carbonyl (C=O) groups excluding carboxylic acids is 1. The average Bonchev–Trinajstić information content (AvgIpc) is 3.09. The van der Waals surface area contributed by atoms with Gasteiger partial charge in [0.1, 0.15) is 6.54 Å². The summed E-state index contributed by atoms with van der Waals surface area (Å²) in [5, 5.41) is 7.53. The summed E-state index contributed by atoms with van der Waals surface area (Å²) < 4.78 is 2.73. The predicted octanol–water partition coefficient (Wildman–Crippen LogP) is 1.90. The van der Waals surface area contributed by atoms with Crippen LogP contribution in [0.5, 0.6) is 0 Å². The molecular weight excluding hydrogens is 380 g/mol. The maximum absolute atomic E-state index is 12.8. The van der Waals surface area contributed by atoms with Gasteiger partial charge in [0, 0.05) is 31.5 Å². The molecule has 1 amide bonds. The van der Waals surface area contributed by atoms with Crippen LogP contribution in [-0.2, 0) is 24.3 Å². The van der Waals surface area contributed by atoms with E-state index in [2.05, 4.69) is 38.5 Å². The van der Waals surface area contributed by atoms with E-state index in [0.29, 0.717) is 11.5 Å². The summed E-state index contributed by atoms with van der Waals surface area (Å²) in [7, 11) is 0. The number of hydrogen-bond acceptors (Lipinski definition) is 5. The molecule has 1 aromatic carbocycles. The highest BCUT2D eigenvalue weighted by Gasteiger charge is 2.23. The van der Waals surface area contributed by atoms with E-state index in [0.717, 1.165) is 45.2 Å². The lowest BCUT2D eigenvalue weighted by atomic mass is 9.95. The van der Waals surface area contributed by atoms with Crippen molar-refractivity contribution in [2.45, 2.75) is 57.7 Å². The van der Waals surface area contributed by atoms with Crippen LogP contribution in [0.2, 0.25) is 0 Å². The van der Waals surface area contributed by atoms with Crippen molar-refractivity contribution >= 4 is 17.4 Å². The van der Waals surface area contributed by atoms with Crippen molar-refractivity contribution in [1.29, 1.82) is 0 Å². The smallest absolute Gasteiger partial charge is 0.350 e. The fourth-order valence-corrected chi connectivity index (χ4v) is 4.59. The van der Waals surface area contributed by atoms with Crippen molar-refractivity contribution in [1.82, 2.24) is 24.5 Å². The van der Waals surface area contributed by atoms with Crippen LogP contribution < -0.4 is 15.9 Å². The molecule has 2 aromatic heterocycles. The Morgan fingerprint density at radius 3 is 2.77 bits per heavy atom. The lowest BCUT2D eigenvalue weighted by molar-refractivity contribution is -0.122. The second-order valence-corrected chi connectivity index (χ2v) is 8.23. The molecule has 30 heavy (non-hydrogen) atoms. The number of nitrogens with one attached hydrogen (secondary N) is 1. The molecule has 3 heterocycles. The second kappa shape index (κ2) is 7.93. The van der Waals surface area contributed by atoms with Crippen LogP contribution in [0.1, 0.15) is 43.2 Å². The van der Waals surface area contributed by atoms with E-state index >= 15 is 0 Å². The van der Waals surface area contributed by atoms with E-state index < -0.39 is 0 Å². The van der Waals surface area contributed by atoms with Gasteiger partial charge in [-0.05, 0) is 30.4 Å². The Kier molecular flexibility index (Phi) is 4.98. The quantitative estimate of drug-likeness (QED) is 0.715. The van der Waals surface area contributed by atoms with Crippen LogP contribution in [0.15, 0.2) is 41.5 Å². The molecule has 0 spiro atoms. The van der Waals surface area contributed by atoms with E-state index in [1.54, 1.807) is 12.4 Å². The molecule has 0 saturated heterocycles. The first-order valence-electron chi connectivity index (χ1n) is 10.7. The van der Waals surface area contributed by atoms with Gasteiger partial charge in [-0.1, -0.05) is 43.5 Å². The van der Waals surface area contributed by atoms with E-state index in [4.69, 9.17) is 0 Å². The number of amides is 1. The summed E-state index contributed by atoms with van der Waals surface area (Å²) in [6, 6.07) is 8.60. The first kappa shape index (κ1) is 18.8. The van der Waals surface area contributed by atoms with Crippen LogP contribution >= 0.6 is 0 Å². The largest absolute Gasteiger partial charge is 0.352 e. The Labute approximate surface area is 174 Å². The highest BCUT2D eigenvalue weighted by molar-refractivity contribution is 5.76. The molecule has 1 N–H and O–H groups in total. The monoisotopic (exact) mass is 406 g/mol. The normalized spacial score (nSPS) is 17.1. The lowest BCUT2D eigenvalue weighted by Crippen LogP contribution is -2.40. The van der Waals surface area contributed by atoms with E-state index in [1.807, 2.05) is 6.07 Å². The van der Waals surface area contributed by atoms with Gasteiger partial charge in [0.25, 0.3) is 0 Å². The number of hydrogen-bond donors (Lipinski definition) is 1. The molecule has 8 heteroatoms. The molecule has 1 aliphatic carbocycles. The average molecular weight is 406 g/mol. The zero-order valence-corrected chi connectivity index (χ0v) is 17.0. The number of benzene rings is 1. The van der Waals surface area contributed by atoms with Crippen molar-refractivity contribution in [3.05, 3.63) is 58.3 Å². The minimum absolute atomic E-state index is 0.0702. The standard InChI is InChI=1S/C22H26N6O2/c29-19(24-18-8-2-1-3-9-18)15-28-22(30)27-13-11-23-20(21(27)25-28)26-12-10-16-6-4-5-7-17(16)14-26/h4-7,11,13,18H,1-3,8-10,12,14-15H2,(H,24,29). The topological polar surface area (TPSA) is 84.5 Å². The fraction of sp³-hybridized carbons (Fsp3) is 0.455. The molecule has 2 aliphatic rings. The van der Waals surface area contributed by atoms with Crippen molar-refractivity contribution in [2.75, 3.05) is 11.4 Å². The van der Waals surface area contributed by atoms with Gasteiger partial charge in [-0.15, -0.1) is 5.10 Å². The van der Waals surface area contributed by atoms with Crippen LogP contribution in [0.25, 0.3) is 5.65 Å². The molecule has 5 rings (SSSR count). The SMILES string of the molecule is O=C(Cn1nc2c(N3CCc4ccccc4C3)nccn2c1=O)NC1CCCCC1. The molecule has 8 nitrogen and oxygen atoms in total. The number of nitrogens with zero attached hydrogens (tertiary/aromatic N) is 5. The number of carbonyl (C=O) groups is 1. The highest BCUT2D eigenvalue weighted by Crippen LogP contribution is 2.24. The number of anilines is 1. The van der Waals surface area contributed by atoms with Crippen LogP contribution in [-0.4, -0.2) is 37.7 Å². The zero-order chi connectivity index (χ0) is 20.5. The Morgan fingerprint density at radius 2 is 1.93 bits per heavy atom. The van der Waals surface area contributed by atoms with Gasteiger partial charge in [-0.3, -0.25) is 4.79 Å². The van der Waals surface area contributed by atoms with Crippen LogP contribution in [0.3, 0.4) is 0 Å². The first-order chi connectivity index (χ1) is 14.7. The molecule has 0 atom stereocenters. The minimum Gasteiger partial charge on any atom is -0.352 e. The van der Waals surface area contributed by atoms with E-state index in [-0.39, 0.29) is 24.2 Å². The number of fused-ring (bicyclic) bond motifs is 2. The summed E-state index contributed by atoms with van der Waals surface area (Å²) >= 11 is 0. The molecular formula is C22H26N6O2. The van der Waals surface area contributed by atoms with Crippen LogP contribution in [0, 0.1) is 0 Å². The molecule has 1 aliphatic heterocycles. The summed E-state index contributed by atoms with van der Waals surface area (Å²) in [6.45, 7) is 1.47. The van der Waals surface area contributed by atoms with Gasteiger partial charge in [0.05, 0.1) is 0 Å². The maximum atomic E-state index is 12.8. The number of rotatable bonds is 4. The van der Waals surface area contributed by atoms with Crippen molar-refractivity contribution in [3.8, 4) is 0 Å². The Hall–Kier alpha value is -3.16. The summed E-state index contributed by atoms with van der Waals surface area (Å²) in [6.07, 6.45) is 9.70. The summed E-state index contributed by atoms with van der Waals surface area (Å²) in [5.74, 6) is 0.518. The molecule has 1 saturated carbocycles. The fourth-order valence-electron chi connectivity index (χ4n) is 4.59. The minimum atomic E-state index is -0.315. The first-order valence-corrected chi connectivity index (χ1v) is 10.7. The second-order valence-electron chi connectivity index (χ2n) is 8.23. The summed E-state index contributed by atoms with van der Waals surface area (Å²) in [4.78, 5) is 32.0. The third-order valence-corrected chi connectivity index (χ3v) is 6.18. The van der Waals surface area contributed by atoms with Gasteiger partial charge in [-0.2, -0.15) is 0 Å². The Bertz CT molecular complexity index is 1130. The summed E-state index contributed by atoms with van der Waals surface area (Å²) in [5.41, 5.74) is 2.79. The Morgan fingerprint density at radius 1 is 1.13 bits per heavy atom. The van der Waals surface area contributed by atoms with E-state index in [1.165, 1.54) is 26.6 Å². The lowest BCUT2D eigenvalue weighted by Gasteiger charge is -2.29. The zero-order valence-electron chi connectivity index (χ0n) is 17.0. The van der Waals surface area contributed by atoms with Crippen LogP contribution in [0.4, 0.5) is 5.82 Å². The van der Waals surface area contributed by atoms with E-state index in [9.17, 15) is 9.59 Å². The molecule has 1 fully saturated rings. The third-order valence-electron chi connectivity index (χ3n) is 6.18. The van der Waals surface area contributed by atoms with Gasteiger partial charge in [0.2, 0.25) is 11.6 Å². The van der Waals surface area contributed by atoms with Crippen molar-refractivity contribution < 1.29 is 4.79 Å². The van der Waals surface area contributed by atoms with Crippen molar-refractivity contribution in [3.63, 3.8) is 0 Å². The molecule has 156 valence electrons. The molecule has 0 unspecified atom stereocenters. The van der Waals surface area contributed by atoms with Gasteiger partial charge < -0.3 is 10.2 Å². The molecule has 0 bridgehead atoms. The molecule has 0 radical (unpaired) electrons. The Balaban J connectivity index is 1.39. The van der Waals surface area contributed by atoms with Gasteiger partial charge >= 0.3 is 5.69 Å². The maximum Gasteiger partial charge on any atom is 0.350 e. The third kappa shape index (κ3) is 3.58.